The summed E-state index contributed by atoms with van der Waals surface area (Å²) in [5.41, 5.74) is 1.18. The molecule has 2 heterocycles. The second-order valence-corrected chi connectivity index (χ2v) is 7.40. The minimum atomic E-state index is -0.767. The standard InChI is InChI=1S/C20H22N2O4S/c1-4-26-20(25)12(2)21-18(23)16-13-8-5-6-9-14(13)19(24)22(3)17(16)15-10-7-11-27-15/h5-12,16-17H,4H2,1-3H3,(H,21,23)/t12-,16-,17+/m0/s1. The number of rotatable bonds is 5. The Bertz CT molecular complexity index is 849. The van der Waals surface area contributed by atoms with Crippen molar-refractivity contribution < 1.29 is 19.1 Å². The van der Waals surface area contributed by atoms with Crippen LogP contribution in [0.1, 0.15) is 46.6 Å². The molecule has 1 aromatic heterocycles. The number of nitrogens with zero attached hydrogens (tertiary/aromatic N) is 1. The number of hydrogen-bond donors (Lipinski definition) is 1. The minimum Gasteiger partial charge on any atom is -0.464 e. The van der Waals surface area contributed by atoms with E-state index in [4.69, 9.17) is 4.74 Å². The average Bonchev–Trinajstić information content (AvgIpc) is 3.18. The van der Waals surface area contributed by atoms with Crippen molar-refractivity contribution in [3.8, 4) is 0 Å². The number of amides is 2. The molecule has 1 aliphatic heterocycles. The van der Waals surface area contributed by atoms with Crippen LogP contribution in [0.3, 0.4) is 0 Å². The van der Waals surface area contributed by atoms with E-state index >= 15 is 0 Å². The van der Waals surface area contributed by atoms with Gasteiger partial charge in [0.1, 0.15) is 6.04 Å². The molecule has 0 aliphatic carbocycles. The first-order valence-electron chi connectivity index (χ1n) is 8.82. The zero-order valence-corrected chi connectivity index (χ0v) is 16.3. The topological polar surface area (TPSA) is 75.7 Å². The molecular weight excluding hydrogens is 364 g/mol. The van der Waals surface area contributed by atoms with Gasteiger partial charge in [0.2, 0.25) is 5.91 Å². The van der Waals surface area contributed by atoms with Crippen LogP contribution < -0.4 is 5.32 Å². The molecule has 0 radical (unpaired) electrons. The van der Waals surface area contributed by atoms with Crippen molar-refractivity contribution >= 4 is 29.1 Å². The molecule has 6 nitrogen and oxygen atoms in total. The molecule has 0 saturated heterocycles. The predicted octanol–water partition coefficient (Wildman–Crippen LogP) is 2.73. The molecule has 0 fully saturated rings. The molecule has 0 bridgehead atoms. The van der Waals surface area contributed by atoms with Crippen molar-refractivity contribution in [1.82, 2.24) is 10.2 Å². The summed E-state index contributed by atoms with van der Waals surface area (Å²) in [4.78, 5) is 40.5. The van der Waals surface area contributed by atoms with Crippen LogP contribution in [0.5, 0.6) is 0 Å². The number of ether oxygens (including phenoxy) is 1. The van der Waals surface area contributed by atoms with Gasteiger partial charge in [-0.2, -0.15) is 0 Å². The van der Waals surface area contributed by atoms with E-state index in [-0.39, 0.29) is 18.4 Å². The highest BCUT2D eigenvalue weighted by Gasteiger charge is 2.43. The van der Waals surface area contributed by atoms with E-state index in [1.54, 1.807) is 44.0 Å². The number of hydrogen-bond acceptors (Lipinski definition) is 5. The predicted molar refractivity (Wildman–Crippen MR) is 103 cm³/mol. The molecule has 7 heteroatoms. The average molecular weight is 386 g/mol. The van der Waals surface area contributed by atoms with Crippen LogP contribution in [0.15, 0.2) is 41.8 Å². The zero-order chi connectivity index (χ0) is 19.6. The lowest BCUT2D eigenvalue weighted by atomic mass is 9.81. The highest BCUT2D eigenvalue weighted by molar-refractivity contribution is 7.10. The van der Waals surface area contributed by atoms with Crippen molar-refractivity contribution in [2.45, 2.75) is 31.8 Å². The minimum absolute atomic E-state index is 0.119. The van der Waals surface area contributed by atoms with E-state index in [2.05, 4.69) is 5.32 Å². The normalized spacial score (nSPS) is 20.0. The van der Waals surface area contributed by atoms with E-state index < -0.39 is 24.0 Å². The van der Waals surface area contributed by atoms with Crippen LogP contribution in [-0.2, 0) is 14.3 Å². The number of nitrogens with one attached hydrogen (secondary N) is 1. The van der Waals surface area contributed by atoms with Gasteiger partial charge in [0.25, 0.3) is 5.91 Å². The molecule has 3 atom stereocenters. The second-order valence-electron chi connectivity index (χ2n) is 6.42. The molecule has 0 saturated carbocycles. The van der Waals surface area contributed by atoms with Crippen LogP contribution in [0.2, 0.25) is 0 Å². The Labute approximate surface area is 162 Å². The Morgan fingerprint density at radius 1 is 1.26 bits per heavy atom. The fourth-order valence-electron chi connectivity index (χ4n) is 3.40. The van der Waals surface area contributed by atoms with Crippen molar-refractivity contribution in [2.75, 3.05) is 13.7 Å². The Kier molecular flexibility index (Phi) is 5.60. The third kappa shape index (κ3) is 3.60. The maximum Gasteiger partial charge on any atom is 0.328 e. The van der Waals surface area contributed by atoms with Gasteiger partial charge in [-0.15, -0.1) is 11.3 Å². The van der Waals surface area contributed by atoms with E-state index in [9.17, 15) is 14.4 Å². The third-order valence-electron chi connectivity index (χ3n) is 4.70. The number of carbonyl (C=O) groups excluding carboxylic acids is 3. The summed E-state index contributed by atoms with van der Waals surface area (Å²) < 4.78 is 4.98. The summed E-state index contributed by atoms with van der Waals surface area (Å²) in [5.74, 6) is -1.52. The number of fused-ring (bicyclic) bond motifs is 1. The number of likely N-dealkylation sites (N-methyl/N-ethyl adjacent to an activating group) is 1. The van der Waals surface area contributed by atoms with Crippen molar-refractivity contribution in [3.05, 3.63) is 57.8 Å². The van der Waals surface area contributed by atoms with Gasteiger partial charge in [0, 0.05) is 17.5 Å². The first-order valence-corrected chi connectivity index (χ1v) is 9.70. The Balaban J connectivity index is 2.00. The molecule has 1 aliphatic rings. The molecule has 142 valence electrons. The number of thiophene rings is 1. The quantitative estimate of drug-likeness (QED) is 0.802. The maximum absolute atomic E-state index is 13.2. The Morgan fingerprint density at radius 3 is 2.67 bits per heavy atom. The largest absolute Gasteiger partial charge is 0.464 e. The summed E-state index contributed by atoms with van der Waals surface area (Å²) in [6.07, 6.45) is 0. The Morgan fingerprint density at radius 2 is 2.00 bits per heavy atom. The Hall–Kier alpha value is -2.67. The summed E-state index contributed by atoms with van der Waals surface area (Å²) in [7, 11) is 1.71. The van der Waals surface area contributed by atoms with Gasteiger partial charge in [0.15, 0.2) is 0 Å². The number of esters is 1. The van der Waals surface area contributed by atoms with Crippen LogP contribution in [0, 0.1) is 0 Å². The van der Waals surface area contributed by atoms with E-state index in [1.165, 1.54) is 11.3 Å². The van der Waals surface area contributed by atoms with E-state index in [1.807, 2.05) is 23.6 Å². The van der Waals surface area contributed by atoms with Gasteiger partial charge in [-0.25, -0.2) is 4.79 Å². The van der Waals surface area contributed by atoms with Crippen LogP contribution in [0.25, 0.3) is 0 Å². The molecule has 3 rings (SSSR count). The van der Waals surface area contributed by atoms with Gasteiger partial charge in [-0.1, -0.05) is 24.3 Å². The fourth-order valence-corrected chi connectivity index (χ4v) is 4.31. The summed E-state index contributed by atoms with van der Waals surface area (Å²) in [5, 5.41) is 4.68. The van der Waals surface area contributed by atoms with Crippen molar-refractivity contribution in [1.29, 1.82) is 0 Å². The van der Waals surface area contributed by atoms with Gasteiger partial charge < -0.3 is 15.0 Å². The fraction of sp³-hybridized carbons (Fsp3) is 0.350. The van der Waals surface area contributed by atoms with E-state index in [0.717, 1.165) is 4.88 Å². The first kappa shape index (κ1) is 19.1. The smallest absolute Gasteiger partial charge is 0.328 e. The zero-order valence-electron chi connectivity index (χ0n) is 15.5. The molecule has 2 aromatic rings. The summed E-state index contributed by atoms with van der Waals surface area (Å²) in [6, 6.07) is 9.76. The molecule has 2 amide bonds. The summed E-state index contributed by atoms with van der Waals surface area (Å²) in [6.45, 7) is 3.57. The van der Waals surface area contributed by atoms with Gasteiger partial charge in [-0.05, 0) is 36.9 Å². The number of benzene rings is 1. The van der Waals surface area contributed by atoms with Gasteiger partial charge in [-0.3, -0.25) is 9.59 Å². The van der Waals surface area contributed by atoms with E-state index in [0.29, 0.717) is 11.1 Å². The monoisotopic (exact) mass is 386 g/mol. The highest BCUT2D eigenvalue weighted by Crippen LogP contribution is 2.43. The maximum atomic E-state index is 13.2. The lowest BCUT2D eigenvalue weighted by molar-refractivity contribution is -0.147. The second kappa shape index (κ2) is 7.92. The van der Waals surface area contributed by atoms with Crippen LogP contribution in [0.4, 0.5) is 0 Å². The summed E-state index contributed by atoms with van der Waals surface area (Å²) >= 11 is 1.50. The molecule has 1 aromatic carbocycles. The van der Waals surface area contributed by atoms with Gasteiger partial charge >= 0.3 is 5.97 Å². The van der Waals surface area contributed by atoms with Crippen molar-refractivity contribution in [3.63, 3.8) is 0 Å². The molecular formula is C20H22N2O4S. The lowest BCUT2D eigenvalue weighted by Gasteiger charge is -2.39. The molecule has 0 unspecified atom stereocenters. The first-order chi connectivity index (χ1) is 13.0. The van der Waals surface area contributed by atoms with Crippen LogP contribution in [-0.4, -0.2) is 42.4 Å². The lowest BCUT2D eigenvalue weighted by Crippen LogP contribution is -2.48. The number of carbonyl (C=O) groups is 3. The SMILES string of the molecule is CCOC(=O)[C@H](C)NC(=O)[C@H]1c2ccccc2C(=O)N(C)[C@@H]1c1cccs1. The van der Waals surface area contributed by atoms with Crippen molar-refractivity contribution in [2.24, 2.45) is 0 Å². The van der Waals surface area contributed by atoms with Crippen LogP contribution >= 0.6 is 11.3 Å². The molecule has 27 heavy (non-hydrogen) atoms. The highest BCUT2D eigenvalue weighted by atomic mass is 32.1. The van der Waals surface area contributed by atoms with Gasteiger partial charge in [0.05, 0.1) is 18.6 Å². The third-order valence-corrected chi connectivity index (χ3v) is 5.64. The molecule has 1 N–H and O–H groups in total. The molecule has 0 spiro atoms.